The molecular formula is C27H32N+. The van der Waals surface area contributed by atoms with Crippen LogP contribution >= 0.6 is 0 Å². The molecule has 0 spiro atoms. The summed E-state index contributed by atoms with van der Waals surface area (Å²) in [6.45, 7) is 2.24. The summed E-state index contributed by atoms with van der Waals surface area (Å²) in [6, 6.07) is 18.8. The van der Waals surface area contributed by atoms with E-state index in [-0.39, 0.29) is 0 Å². The van der Waals surface area contributed by atoms with Gasteiger partial charge in [-0.3, -0.25) is 0 Å². The zero-order chi connectivity index (χ0) is 19.1. The SMILES string of the molecule is Cc1ccccc1-c1cc(C2CCCC2)c2ccc(C3CCCC3)cc2[n+]1C. The summed E-state index contributed by atoms with van der Waals surface area (Å²) in [5, 5.41) is 1.48. The van der Waals surface area contributed by atoms with E-state index in [9.17, 15) is 0 Å². The van der Waals surface area contributed by atoms with E-state index in [0.717, 1.165) is 11.8 Å². The second-order valence-electron chi connectivity index (χ2n) is 9.10. The van der Waals surface area contributed by atoms with Crippen molar-refractivity contribution in [3.63, 3.8) is 0 Å². The second-order valence-corrected chi connectivity index (χ2v) is 9.10. The molecule has 2 aliphatic rings. The highest BCUT2D eigenvalue weighted by Crippen LogP contribution is 2.40. The van der Waals surface area contributed by atoms with Crippen LogP contribution in [0.2, 0.25) is 0 Å². The molecule has 0 amide bonds. The molecule has 3 aromatic rings. The van der Waals surface area contributed by atoms with E-state index < -0.39 is 0 Å². The van der Waals surface area contributed by atoms with Gasteiger partial charge in [0.15, 0.2) is 0 Å². The van der Waals surface area contributed by atoms with E-state index in [1.165, 1.54) is 79.1 Å². The van der Waals surface area contributed by atoms with Crippen LogP contribution in [0.4, 0.5) is 0 Å². The van der Waals surface area contributed by atoms with Gasteiger partial charge >= 0.3 is 0 Å². The second kappa shape index (κ2) is 7.35. The van der Waals surface area contributed by atoms with Crippen molar-refractivity contribution in [3.05, 3.63) is 65.2 Å². The van der Waals surface area contributed by atoms with Gasteiger partial charge in [-0.05, 0) is 73.3 Å². The minimum atomic E-state index is 0.726. The van der Waals surface area contributed by atoms with Crippen molar-refractivity contribution in [2.24, 2.45) is 7.05 Å². The van der Waals surface area contributed by atoms with Crippen molar-refractivity contribution in [2.75, 3.05) is 0 Å². The molecule has 144 valence electrons. The van der Waals surface area contributed by atoms with Gasteiger partial charge in [0.25, 0.3) is 0 Å². The van der Waals surface area contributed by atoms with Gasteiger partial charge < -0.3 is 0 Å². The maximum atomic E-state index is 2.52. The fourth-order valence-corrected chi connectivity index (χ4v) is 5.73. The standard InChI is InChI=1S/C27H32N/c1-19-9-3-8-14-23(19)27-18-25(21-12-6-7-13-21)24-16-15-22(17-26(24)28(27)2)20-10-4-5-11-20/h3,8-9,14-18,20-21H,4-7,10-13H2,1-2H3/q+1. The van der Waals surface area contributed by atoms with E-state index in [0.29, 0.717) is 0 Å². The molecule has 0 aliphatic heterocycles. The molecular weight excluding hydrogens is 338 g/mol. The minimum absolute atomic E-state index is 0.726. The van der Waals surface area contributed by atoms with Gasteiger partial charge in [-0.25, -0.2) is 0 Å². The number of hydrogen-bond donors (Lipinski definition) is 0. The number of fused-ring (bicyclic) bond motifs is 1. The Labute approximate surface area is 169 Å². The third-order valence-corrected chi connectivity index (χ3v) is 7.39. The van der Waals surface area contributed by atoms with Gasteiger partial charge in [-0.1, -0.05) is 49.9 Å². The molecule has 28 heavy (non-hydrogen) atoms. The predicted molar refractivity (Wildman–Crippen MR) is 118 cm³/mol. The molecule has 1 heterocycles. The smallest absolute Gasteiger partial charge is 0.194 e. The Kier molecular flexibility index (Phi) is 4.70. The molecule has 2 saturated carbocycles. The third-order valence-electron chi connectivity index (χ3n) is 7.39. The molecule has 2 fully saturated rings. The van der Waals surface area contributed by atoms with Crippen LogP contribution in [0, 0.1) is 6.92 Å². The average molecular weight is 371 g/mol. The quantitative estimate of drug-likeness (QED) is 0.439. The van der Waals surface area contributed by atoms with Crippen LogP contribution < -0.4 is 4.57 Å². The molecule has 0 N–H and O–H groups in total. The molecule has 0 unspecified atom stereocenters. The first-order valence-electron chi connectivity index (χ1n) is 11.2. The summed E-state index contributed by atoms with van der Waals surface area (Å²) in [7, 11) is 2.26. The van der Waals surface area contributed by atoms with Crippen LogP contribution in [0.15, 0.2) is 48.5 Å². The number of hydrogen-bond acceptors (Lipinski definition) is 0. The van der Waals surface area contributed by atoms with Gasteiger partial charge in [0.2, 0.25) is 11.2 Å². The molecule has 2 aromatic carbocycles. The van der Waals surface area contributed by atoms with Crippen molar-refractivity contribution in [1.29, 1.82) is 0 Å². The molecule has 5 rings (SSSR count). The largest absolute Gasteiger partial charge is 0.213 e. The number of pyridine rings is 1. The van der Waals surface area contributed by atoms with Crippen LogP contribution in [-0.2, 0) is 7.05 Å². The number of rotatable bonds is 3. The van der Waals surface area contributed by atoms with Crippen molar-refractivity contribution in [3.8, 4) is 11.3 Å². The lowest BCUT2D eigenvalue weighted by Crippen LogP contribution is -2.33. The zero-order valence-corrected chi connectivity index (χ0v) is 17.4. The Morgan fingerprint density at radius 2 is 1.46 bits per heavy atom. The summed E-state index contributed by atoms with van der Waals surface area (Å²) >= 11 is 0. The first kappa shape index (κ1) is 17.9. The average Bonchev–Trinajstić information content (AvgIpc) is 3.43. The van der Waals surface area contributed by atoms with E-state index in [1.807, 2.05) is 0 Å². The summed E-state index contributed by atoms with van der Waals surface area (Å²) in [5.41, 5.74) is 8.67. The van der Waals surface area contributed by atoms with E-state index in [4.69, 9.17) is 0 Å². The Morgan fingerprint density at radius 3 is 2.18 bits per heavy atom. The van der Waals surface area contributed by atoms with Crippen molar-refractivity contribution < 1.29 is 4.57 Å². The van der Waals surface area contributed by atoms with Crippen molar-refractivity contribution in [2.45, 2.75) is 70.1 Å². The maximum absolute atomic E-state index is 2.52. The van der Waals surface area contributed by atoms with Gasteiger partial charge in [0, 0.05) is 23.1 Å². The van der Waals surface area contributed by atoms with E-state index in [1.54, 1.807) is 11.1 Å². The summed E-state index contributed by atoms with van der Waals surface area (Å²) < 4.78 is 2.45. The van der Waals surface area contributed by atoms with Gasteiger partial charge in [-0.15, -0.1) is 0 Å². The van der Waals surface area contributed by atoms with Crippen molar-refractivity contribution >= 4 is 10.9 Å². The fraction of sp³-hybridized carbons (Fsp3) is 0.444. The Bertz CT molecular complexity index is 1000. The minimum Gasteiger partial charge on any atom is -0.194 e. The lowest BCUT2D eigenvalue weighted by Gasteiger charge is -2.17. The Morgan fingerprint density at radius 1 is 0.786 bits per heavy atom. The first-order valence-corrected chi connectivity index (χ1v) is 11.2. The molecule has 0 radical (unpaired) electrons. The first-order chi connectivity index (χ1) is 13.7. The summed E-state index contributed by atoms with van der Waals surface area (Å²) in [6.07, 6.45) is 11.0. The monoisotopic (exact) mass is 370 g/mol. The van der Waals surface area contributed by atoms with Crippen LogP contribution in [-0.4, -0.2) is 0 Å². The normalized spacial score (nSPS) is 18.4. The Hall–Kier alpha value is -2.15. The van der Waals surface area contributed by atoms with Crippen LogP contribution in [0.3, 0.4) is 0 Å². The van der Waals surface area contributed by atoms with Gasteiger partial charge in [0.1, 0.15) is 7.05 Å². The van der Waals surface area contributed by atoms with Gasteiger partial charge in [-0.2, -0.15) is 4.57 Å². The van der Waals surface area contributed by atoms with E-state index >= 15 is 0 Å². The zero-order valence-electron chi connectivity index (χ0n) is 17.4. The molecule has 1 nitrogen and oxygen atoms in total. The number of benzene rings is 2. The summed E-state index contributed by atoms with van der Waals surface area (Å²) in [5.74, 6) is 1.49. The van der Waals surface area contributed by atoms with Crippen LogP contribution in [0.25, 0.3) is 22.2 Å². The van der Waals surface area contributed by atoms with Gasteiger partial charge in [0.05, 0.1) is 0 Å². The fourth-order valence-electron chi connectivity index (χ4n) is 5.73. The highest BCUT2D eigenvalue weighted by atomic mass is 14.9. The molecule has 1 heteroatoms. The molecule has 2 aliphatic carbocycles. The van der Waals surface area contributed by atoms with E-state index in [2.05, 4.69) is 67.1 Å². The number of nitrogens with zero attached hydrogens (tertiary/aromatic N) is 1. The predicted octanol–water partition coefficient (Wildman–Crippen LogP) is 6.95. The molecule has 1 aromatic heterocycles. The maximum Gasteiger partial charge on any atom is 0.213 e. The van der Waals surface area contributed by atoms with Crippen LogP contribution in [0.1, 0.15) is 79.9 Å². The molecule has 0 bridgehead atoms. The lowest BCUT2D eigenvalue weighted by molar-refractivity contribution is -0.633. The topological polar surface area (TPSA) is 3.88 Å². The number of aryl methyl sites for hydroxylation is 2. The van der Waals surface area contributed by atoms with Crippen LogP contribution in [0.5, 0.6) is 0 Å². The molecule has 0 saturated heterocycles. The summed E-state index contributed by atoms with van der Waals surface area (Å²) in [4.78, 5) is 0. The molecule has 0 atom stereocenters. The third kappa shape index (κ3) is 3.05. The highest BCUT2D eigenvalue weighted by Gasteiger charge is 2.27. The number of aromatic nitrogens is 1. The lowest BCUT2D eigenvalue weighted by atomic mass is 9.89. The highest BCUT2D eigenvalue weighted by molar-refractivity contribution is 5.83. The Balaban J connectivity index is 1.74. The van der Waals surface area contributed by atoms with Crippen molar-refractivity contribution in [1.82, 2.24) is 0 Å².